The van der Waals surface area contributed by atoms with E-state index in [-0.39, 0.29) is 6.61 Å². The largest absolute Gasteiger partial charge is 0.465 e. The van der Waals surface area contributed by atoms with Gasteiger partial charge in [-0.05, 0) is 55.2 Å². The molecule has 1 aromatic rings. The number of hydrogen-bond donors (Lipinski definition) is 2. The number of rotatable bonds is 3. The predicted octanol–water partition coefficient (Wildman–Crippen LogP) is 2.79. The predicted molar refractivity (Wildman–Crippen MR) is 89.6 cm³/mol. The summed E-state index contributed by atoms with van der Waals surface area (Å²) in [7, 11) is 0. The summed E-state index contributed by atoms with van der Waals surface area (Å²) in [5.74, 6) is 1.42. The number of nitrogens with zero attached hydrogens (tertiary/aromatic N) is 2. The lowest BCUT2D eigenvalue weighted by atomic mass is 9.79. The summed E-state index contributed by atoms with van der Waals surface area (Å²) in [6, 6.07) is 8.17. The Morgan fingerprint density at radius 2 is 1.48 bits per heavy atom. The Morgan fingerprint density at radius 1 is 0.957 bits per heavy atom. The van der Waals surface area contributed by atoms with Gasteiger partial charge in [0, 0.05) is 31.9 Å². The monoisotopic (exact) mass is 318 g/mol. The van der Waals surface area contributed by atoms with Crippen LogP contribution in [-0.4, -0.2) is 47.4 Å². The Bertz CT molecular complexity index is 516. The fourth-order valence-corrected chi connectivity index (χ4v) is 4.00. The number of benzene rings is 1. The molecule has 0 radical (unpaired) electrons. The summed E-state index contributed by atoms with van der Waals surface area (Å²) in [5.41, 5.74) is 2.19. The van der Waals surface area contributed by atoms with Gasteiger partial charge >= 0.3 is 6.09 Å². The Balaban J connectivity index is 1.49. The zero-order valence-corrected chi connectivity index (χ0v) is 13.5. The van der Waals surface area contributed by atoms with Crippen LogP contribution < -0.4 is 4.90 Å². The molecule has 0 saturated carbocycles. The molecule has 2 aliphatic rings. The molecule has 0 aliphatic carbocycles. The van der Waals surface area contributed by atoms with Crippen LogP contribution in [0.2, 0.25) is 0 Å². The minimum absolute atomic E-state index is 0.0946. The molecule has 0 unspecified atom stereocenters. The smallest absolute Gasteiger partial charge is 0.407 e. The Hall–Kier alpha value is -1.75. The normalized spacial score (nSPS) is 20.7. The summed E-state index contributed by atoms with van der Waals surface area (Å²) in [5, 5.41) is 18.2. The SMILES string of the molecule is O=C(O)N1CCC(C2CCN(c3ccc(CO)cc3)CC2)CC1. The van der Waals surface area contributed by atoms with Crippen LogP contribution in [0.15, 0.2) is 24.3 Å². The van der Waals surface area contributed by atoms with Crippen LogP contribution in [0.25, 0.3) is 0 Å². The van der Waals surface area contributed by atoms with Gasteiger partial charge in [-0.3, -0.25) is 0 Å². The van der Waals surface area contributed by atoms with Crippen molar-refractivity contribution in [3.8, 4) is 0 Å². The van der Waals surface area contributed by atoms with E-state index < -0.39 is 6.09 Å². The number of piperidine rings is 2. The molecule has 1 aromatic carbocycles. The summed E-state index contributed by atoms with van der Waals surface area (Å²) < 4.78 is 0. The number of anilines is 1. The molecular weight excluding hydrogens is 292 g/mol. The number of carboxylic acid groups (broad SMARTS) is 1. The molecule has 0 atom stereocenters. The van der Waals surface area contributed by atoms with Gasteiger partial charge in [-0.25, -0.2) is 4.79 Å². The molecule has 2 saturated heterocycles. The topological polar surface area (TPSA) is 64.0 Å². The van der Waals surface area contributed by atoms with Gasteiger partial charge < -0.3 is 20.0 Å². The third-order valence-electron chi connectivity index (χ3n) is 5.50. The lowest BCUT2D eigenvalue weighted by Crippen LogP contribution is -2.42. The fraction of sp³-hybridized carbons (Fsp3) is 0.611. The zero-order chi connectivity index (χ0) is 16.2. The van der Waals surface area contributed by atoms with Crippen molar-refractivity contribution in [1.82, 2.24) is 4.90 Å². The summed E-state index contributed by atoms with van der Waals surface area (Å²) in [4.78, 5) is 15.0. The van der Waals surface area contributed by atoms with Gasteiger partial charge in [-0.15, -0.1) is 0 Å². The molecular formula is C18H26N2O3. The summed E-state index contributed by atoms with van der Waals surface area (Å²) >= 11 is 0. The van der Waals surface area contributed by atoms with Crippen LogP contribution in [0.4, 0.5) is 10.5 Å². The second-order valence-corrected chi connectivity index (χ2v) is 6.76. The average Bonchev–Trinajstić information content (AvgIpc) is 2.62. The molecule has 3 rings (SSSR count). The second-order valence-electron chi connectivity index (χ2n) is 6.76. The van der Waals surface area contributed by atoms with Crippen molar-refractivity contribution >= 4 is 11.8 Å². The van der Waals surface area contributed by atoms with E-state index in [1.165, 1.54) is 18.5 Å². The van der Waals surface area contributed by atoms with Gasteiger partial charge in [0.25, 0.3) is 0 Å². The number of aliphatic hydroxyl groups is 1. The van der Waals surface area contributed by atoms with Crippen molar-refractivity contribution in [1.29, 1.82) is 0 Å². The molecule has 2 aliphatic heterocycles. The van der Waals surface area contributed by atoms with E-state index in [0.29, 0.717) is 19.0 Å². The summed E-state index contributed by atoms with van der Waals surface area (Å²) in [6.45, 7) is 3.63. The van der Waals surface area contributed by atoms with E-state index in [1.807, 2.05) is 12.1 Å². The van der Waals surface area contributed by atoms with E-state index in [2.05, 4.69) is 17.0 Å². The first-order valence-corrected chi connectivity index (χ1v) is 8.60. The van der Waals surface area contributed by atoms with E-state index >= 15 is 0 Å². The molecule has 126 valence electrons. The van der Waals surface area contributed by atoms with Crippen LogP contribution in [0.5, 0.6) is 0 Å². The highest BCUT2D eigenvalue weighted by Gasteiger charge is 2.30. The maximum Gasteiger partial charge on any atom is 0.407 e. The number of hydrogen-bond acceptors (Lipinski definition) is 3. The van der Waals surface area contributed by atoms with E-state index in [9.17, 15) is 4.79 Å². The minimum atomic E-state index is -0.774. The van der Waals surface area contributed by atoms with Crippen molar-refractivity contribution in [2.24, 2.45) is 11.8 Å². The van der Waals surface area contributed by atoms with Gasteiger partial charge in [-0.2, -0.15) is 0 Å². The van der Waals surface area contributed by atoms with Crippen molar-refractivity contribution in [3.05, 3.63) is 29.8 Å². The first-order valence-electron chi connectivity index (χ1n) is 8.60. The molecule has 0 aromatic heterocycles. The maximum absolute atomic E-state index is 11.0. The Kier molecular flexibility index (Phi) is 5.06. The third kappa shape index (κ3) is 3.78. The highest BCUT2D eigenvalue weighted by atomic mass is 16.4. The van der Waals surface area contributed by atoms with E-state index in [1.54, 1.807) is 4.90 Å². The van der Waals surface area contributed by atoms with Crippen molar-refractivity contribution in [2.75, 3.05) is 31.1 Å². The maximum atomic E-state index is 11.0. The minimum Gasteiger partial charge on any atom is -0.465 e. The molecule has 2 fully saturated rings. The average molecular weight is 318 g/mol. The van der Waals surface area contributed by atoms with Gasteiger partial charge in [-0.1, -0.05) is 12.1 Å². The lowest BCUT2D eigenvalue weighted by Gasteiger charge is -2.40. The zero-order valence-electron chi connectivity index (χ0n) is 13.5. The number of likely N-dealkylation sites (tertiary alicyclic amines) is 1. The van der Waals surface area contributed by atoms with Crippen molar-refractivity contribution in [3.63, 3.8) is 0 Å². The van der Waals surface area contributed by atoms with Crippen molar-refractivity contribution in [2.45, 2.75) is 32.3 Å². The second kappa shape index (κ2) is 7.21. The number of carbonyl (C=O) groups is 1. The van der Waals surface area contributed by atoms with Crippen molar-refractivity contribution < 1.29 is 15.0 Å². The molecule has 0 spiro atoms. The van der Waals surface area contributed by atoms with E-state index in [0.717, 1.165) is 37.4 Å². The molecule has 2 heterocycles. The Labute approximate surface area is 137 Å². The highest BCUT2D eigenvalue weighted by Crippen LogP contribution is 2.33. The van der Waals surface area contributed by atoms with Gasteiger partial charge in [0.15, 0.2) is 0 Å². The third-order valence-corrected chi connectivity index (χ3v) is 5.50. The number of amides is 1. The first kappa shape index (κ1) is 16.1. The van der Waals surface area contributed by atoms with Crippen LogP contribution in [0.3, 0.4) is 0 Å². The van der Waals surface area contributed by atoms with Gasteiger partial charge in [0.05, 0.1) is 6.61 Å². The summed E-state index contributed by atoms with van der Waals surface area (Å²) in [6.07, 6.45) is 3.65. The molecule has 23 heavy (non-hydrogen) atoms. The van der Waals surface area contributed by atoms with Crippen LogP contribution in [0.1, 0.15) is 31.2 Å². The Morgan fingerprint density at radius 3 is 1.96 bits per heavy atom. The quantitative estimate of drug-likeness (QED) is 0.899. The fourth-order valence-electron chi connectivity index (χ4n) is 4.00. The number of aliphatic hydroxyl groups excluding tert-OH is 1. The molecule has 0 bridgehead atoms. The lowest BCUT2D eigenvalue weighted by molar-refractivity contribution is 0.107. The van der Waals surface area contributed by atoms with E-state index in [4.69, 9.17) is 10.2 Å². The standard InChI is InChI=1S/C18H26N2O3/c21-13-14-1-3-17(4-2-14)19-9-5-15(6-10-19)16-7-11-20(12-8-16)18(22)23/h1-4,15-16,21H,5-13H2,(H,22,23). The first-order chi connectivity index (χ1) is 11.2. The van der Waals surface area contributed by atoms with Gasteiger partial charge in [0.1, 0.15) is 0 Å². The van der Waals surface area contributed by atoms with Crippen LogP contribution >= 0.6 is 0 Å². The highest BCUT2D eigenvalue weighted by molar-refractivity contribution is 5.65. The molecule has 5 heteroatoms. The van der Waals surface area contributed by atoms with Gasteiger partial charge in [0.2, 0.25) is 0 Å². The van der Waals surface area contributed by atoms with Crippen LogP contribution in [0, 0.1) is 11.8 Å². The molecule has 1 amide bonds. The molecule has 5 nitrogen and oxygen atoms in total. The van der Waals surface area contributed by atoms with Crippen LogP contribution in [-0.2, 0) is 6.61 Å². The molecule has 2 N–H and O–H groups in total.